The van der Waals surface area contributed by atoms with E-state index in [-0.39, 0.29) is 24.9 Å². The maximum Gasteiger partial charge on any atom is 0.239 e. The van der Waals surface area contributed by atoms with Gasteiger partial charge >= 0.3 is 0 Å². The van der Waals surface area contributed by atoms with Gasteiger partial charge in [-0.05, 0) is 52.8 Å². The van der Waals surface area contributed by atoms with E-state index >= 15 is 0 Å². The first-order valence-corrected chi connectivity index (χ1v) is 8.70. The Morgan fingerprint density at radius 3 is 2.64 bits per heavy atom. The van der Waals surface area contributed by atoms with Crippen molar-refractivity contribution in [1.82, 2.24) is 15.2 Å². The molecule has 1 aromatic carbocycles. The quantitative estimate of drug-likeness (QED) is 0.715. The molecule has 0 aliphatic rings. The summed E-state index contributed by atoms with van der Waals surface area (Å²) >= 11 is 9.18. The maximum atomic E-state index is 12.0. The van der Waals surface area contributed by atoms with Gasteiger partial charge in [0.2, 0.25) is 11.8 Å². The van der Waals surface area contributed by atoms with Crippen LogP contribution in [0.2, 0.25) is 5.02 Å². The van der Waals surface area contributed by atoms with E-state index in [2.05, 4.69) is 31.5 Å². The average molecular weight is 426 g/mol. The third-order valence-corrected chi connectivity index (χ3v) is 3.90. The topological polar surface area (TPSA) is 74.3 Å². The number of anilines is 1. The average Bonchev–Trinajstić information content (AvgIpc) is 2.55. The number of carbonyl (C=O) groups is 2. The molecule has 2 N–H and O–H groups in total. The number of amides is 2. The number of rotatable bonds is 7. The van der Waals surface area contributed by atoms with Crippen molar-refractivity contribution in [2.24, 2.45) is 0 Å². The number of aromatic nitrogens is 1. The van der Waals surface area contributed by atoms with Gasteiger partial charge in [0, 0.05) is 22.2 Å². The van der Waals surface area contributed by atoms with E-state index in [0.717, 1.165) is 10.0 Å². The van der Waals surface area contributed by atoms with E-state index in [0.29, 0.717) is 17.4 Å². The molecule has 0 unspecified atom stereocenters. The second-order valence-corrected chi connectivity index (χ2v) is 6.84. The van der Waals surface area contributed by atoms with Crippen LogP contribution in [0.1, 0.15) is 5.56 Å². The molecule has 132 valence electrons. The van der Waals surface area contributed by atoms with Crippen molar-refractivity contribution < 1.29 is 9.59 Å². The van der Waals surface area contributed by atoms with Crippen LogP contribution in [0.5, 0.6) is 0 Å². The van der Waals surface area contributed by atoms with Crippen LogP contribution >= 0.6 is 27.5 Å². The molecule has 0 saturated heterocycles. The molecule has 0 saturated carbocycles. The van der Waals surface area contributed by atoms with Crippen LogP contribution in [-0.2, 0) is 16.1 Å². The zero-order valence-corrected chi connectivity index (χ0v) is 16.0. The van der Waals surface area contributed by atoms with Crippen LogP contribution in [-0.4, -0.2) is 41.8 Å². The summed E-state index contributed by atoms with van der Waals surface area (Å²) in [5.41, 5.74) is 0.919. The Hall–Kier alpha value is -1.96. The number of nitrogens with zero attached hydrogens (tertiary/aromatic N) is 2. The largest absolute Gasteiger partial charge is 0.351 e. The molecular formula is C17H18BrClN4O2. The van der Waals surface area contributed by atoms with Gasteiger partial charge in [0.05, 0.1) is 13.1 Å². The molecule has 1 aromatic heterocycles. The van der Waals surface area contributed by atoms with E-state index in [4.69, 9.17) is 11.6 Å². The number of likely N-dealkylation sites (N-methyl/N-ethyl adjacent to an activating group) is 1. The summed E-state index contributed by atoms with van der Waals surface area (Å²) in [6.45, 7) is 0.590. The van der Waals surface area contributed by atoms with Gasteiger partial charge in [-0.2, -0.15) is 0 Å². The highest BCUT2D eigenvalue weighted by Gasteiger charge is 2.11. The molecule has 0 aliphatic heterocycles. The molecule has 0 radical (unpaired) electrons. The van der Waals surface area contributed by atoms with Crippen molar-refractivity contribution in [1.29, 1.82) is 0 Å². The normalized spacial score (nSPS) is 10.6. The molecule has 6 nitrogen and oxygen atoms in total. The highest BCUT2D eigenvalue weighted by atomic mass is 79.9. The van der Waals surface area contributed by atoms with Crippen LogP contribution < -0.4 is 10.6 Å². The van der Waals surface area contributed by atoms with Gasteiger partial charge in [-0.1, -0.05) is 23.7 Å². The number of halogens is 2. The van der Waals surface area contributed by atoms with Crippen LogP contribution in [0, 0.1) is 0 Å². The monoisotopic (exact) mass is 424 g/mol. The predicted molar refractivity (Wildman–Crippen MR) is 101 cm³/mol. The lowest BCUT2D eigenvalue weighted by Gasteiger charge is -2.16. The lowest BCUT2D eigenvalue weighted by molar-refractivity contribution is -0.123. The van der Waals surface area contributed by atoms with Crippen molar-refractivity contribution in [3.05, 3.63) is 57.7 Å². The zero-order valence-electron chi connectivity index (χ0n) is 13.6. The maximum absolute atomic E-state index is 12.0. The molecule has 1 heterocycles. The molecule has 8 heteroatoms. The van der Waals surface area contributed by atoms with E-state index in [1.54, 1.807) is 42.4 Å². The van der Waals surface area contributed by atoms with E-state index in [9.17, 15) is 9.59 Å². The Morgan fingerprint density at radius 2 is 1.96 bits per heavy atom. The van der Waals surface area contributed by atoms with Crippen LogP contribution in [0.15, 0.2) is 47.1 Å². The Balaban J connectivity index is 1.73. The highest BCUT2D eigenvalue weighted by Crippen LogP contribution is 2.11. The van der Waals surface area contributed by atoms with Crippen molar-refractivity contribution >= 4 is 45.2 Å². The first-order valence-electron chi connectivity index (χ1n) is 7.53. The standard InChI is InChI=1S/C17H18BrClN4O2/c1-23(11-17(25)22-15-6-5-13(18)9-20-15)10-16(24)21-8-12-3-2-4-14(19)7-12/h2-7,9H,8,10-11H2,1H3,(H,21,24)(H,20,22,25). The Bertz CT molecular complexity index is 740. The minimum absolute atomic E-state index is 0.0856. The molecule has 0 fully saturated rings. The second kappa shape index (κ2) is 9.50. The van der Waals surface area contributed by atoms with Crippen LogP contribution in [0.3, 0.4) is 0 Å². The van der Waals surface area contributed by atoms with Gasteiger partial charge in [-0.3, -0.25) is 14.5 Å². The molecule has 0 atom stereocenters. The van der Waals surface area contributed by atoms with E-state index < -0.39 is 0 Å². The number of nitrogens with one attached hydrogen (secondary N) is 2. The fraction of sp³-hybridized carbons (Fsp3) is 0.235. The van der Waals surface area contributed by atoms with Gasteiger partial charge in [-0.25, -0.2) is 4.98 Å². The summed E-state index contributed by atoms with van der Waals surface area (Å²) in [4.78, 5) is 29.6. The van der Waals surface area contributed by atoms with Crippen molar-refractivity contribution in [2.75, 3.05) is 25.5 Å². The smallest absolute Gasteiger partial charge is 0.239 e. The van der Waals surface area contributed by atoms with Crippen molar-refractivity contribution in [2.45, 2.75) is 6.54 Å². The fourth-order valence-electron chi connectivity index (χ4n) is 2.08. The fourth-order valence-corrected chi connectivity index (χ4v) is 2.53. The number of benzene rings is 1. The summed E-state index contributed by atoms with van der Waals surface area (Å²) in [5, 5.41) is 6.10. The summed E-state index contributed by atoms with van der Waals surface area (Å²) in [6.07, 6.45) is 1.60. The molecule has 0 aliphatic carbocycles. The number of hydrogen-bond donors (Lipinski definition) is 2. The molecule has 2 rings (SSSR count). The Morgan fingerprint density at radius 1 is 1.20 bits per heavy atom. The summed E-state index contributed by atoms with van der Waals surface area (Å²) in [7, 11) is 1.70. The van der Waals surface area contributed by atoms with Gasteiger partial charge < -0.3 is 10.6 Å². The first kappa shape index (κ1) is 19.4. The SMILES string of the molecule is CN(CC(=O)NCc1cccc(Cl)c1)CC(=O)Nc1ccc(Br)cn1. The molecular weight excluding hydrogens is 408 g/mol. The first-order chi connectivity index (χ1) is 11.9. The predicted octanol–water partition coefficient (Wildman–Crippen LogP) is 2.68. The third-order valence-electron chi connectivity index (χ3n) is 3.20. The third kappa shape index (κ3) is 7.21. The highest BCUT2D eigenvalue weighted by molar-refractivity contribution is 9.10. The molecule has 2 aromatic rings. The lowest BCUT2D eigenvalue weighted by atomic mass is 10.2. The molecule has 0 bridgehead atoms. The van der Waals surface area contributed by atoms with Gasteiger partial charge in [0.25, 0.3) is 0 Å². The Kier molecular flexibility index (Phi) is 7.36. The van der Waals surface area contributed by atoms with Crippen LogP contribution in [0.25, 0.3) is 0 Å². The van der Waals surface area contributed by atoms with Gasteiger partial charge in [0.15, 0.2) is 0 Å². The molecule has 2 amide bonds. The molecule has 25 heavy (non-hydrogen) atoms. The summed E-state index contributed by atoms with van der Waals surface area (Å²) in [6, 6.07) is 10.8. The second-order valence-electron chi connectivity index (χ2n) is 5.49. The molecule has 0 spiro atoms. The number of hydrogen-bond acceptors (Lipinski definition) is 4. The summed E-state index contributed by atoms with van der Waals surface area (Å²) in [5.74, 6) is 0.0593. The lowest BCUT2D eigenvalue weighted by Crippen LogP contribution is -2.38. The zero-order chi connectivity index (χ0) is 18.2. The summed E-state index contributed by atoms with van der Waals surface area (Å²) < 4.78 is 0.832. The van der Waals surface area contributed by atoms with E-state index in [1.165, 1.54) is 0 Å². The van der Waals surface area contributed by atoms with Gasteiger partial charge in [-0.15, -0.1) is 0 Å². The van der Waals surface area contributed by atoms with Crippen molar-refractivity contribution in [3.63, 3.8) is 0 Å². The van der Waals surface area contributed by atoms with Crippen molar-refractivity contribution in [3.8, 4) is 0 Å². The minimum Gasteiger partial charge on any atom is -0.351 e. The van der Waals surface area contributed by atoms with E-state index in [1.807, 2.05) is 12.1 Å². The number of carbonyl (C=O) groups excluding carboxylic acids is 2. The van der Waals surface area contributed by atoms with Gasteiger partial charge in [0.1, 0.15) is 5.82 Å². The Labute approximate surface area is 159 Å². The van der Waals surface area contributed by atoms with Crippen LogP contribution in [0.4, 0.5) is 5.82 Å². The minimum atomic E-state index is -0.236. The number of pyridine rings is 1.